The topological polar surface area (TPSA) is 49.8 Å². The van der Waals surface area contributed by atoms with Crippen LogP contribution in [0.5, 0.6) is 5.75 Å². The van der Waals surface area contributed by atoms with Crippen molar-refractivity contribution in [2.24, 2.45) is 11.8 Å². The van der Waals surface area contributed by atoms with Crippen molar-refractivity contribution in [3.63, 3.8) is 0 Å². The molecule has 4 rings (SSSR count). The van der Waals surface area contributed by atoms with Gasteiger partial charge >= 0.3 is 18.3 Å². The van der Waals surface area contributed by atoms with Gasteiger partial charge in [0, 0.05) is 19.6 Å². The van der Waals surface area contributed by atoms with E-state index in [2.05, 4.69) is 0 Å². The highest BCUT2D eigenvalue weighted by atomic mass is 19.4. The number of halogens is 7. The molecule has 0 spiro atoms. The van der Waals surface area contributed by atoms with Crippen LogP contribution in [-0.2, 0) is 23.7 Å². The van der Waals surface area contributed by atoms with Crippen LogP contribution < -0.4 is 4.74 Å². The summed E-state index contributed by atoms with van der Waals surface area (Å²) in [5.41, 5.74) is -4.07. The third-order valence-corrected chi connectivity index (χ3v) is 6.94. The summed E-state index contributed by atoms with van der Waals surface area (Å²) in [6, 6.07) is 8.03. The number of likely N-dealkylation sites (tertiary alicyclic amines) is 1. The SMILES string of the molecule is CC(C(=O)O)C(c1cccc(OCC2(F)CN(Cc3cc(C(F)(F)F)ccc3C(F)(F)F)C2)c1)C1CC1. The van der Waals surface area contributed by atoms with Crippen LogP contribution in [0.3, 0.4) is 0 Å². The molecule has 37 heavy (non-hydrogen) atoms. The smallest absolute Gasteiger partial charge is 0.416 e. The Morgan fingerprint density at radius 3 is 2.32 bits per heavy atom. The van der Waals surface area contributed by atoms with Crippen molar-refractivity contribution < 1.29 is 45.4 Å². The van der Waals surface area contributed by atoms with Crippen molar-refractivity contribution >= 4 is 5.97 Å². The van der Waals surface area contributed by atoms with Gasteiger partial charge in [-0.15, -0.1) is 0 Å². The molecular weight excluding hydrogens is 507 g/mol. The Morgan fingerprint density at radius 2 is 1.76 bits per heavy atom. The van der Waals surface area contributed by atoms with Gasteiger partial charge in [-0.3, -0.25) is 9.69 Å². The molecule has 2 atom stereocenters. The summed E-state index contributed by atoms with van der Waals surface area (Å²) < 4.78 is 99.8. The van der Waals surface area contributed by atoms with Crippen molar-refractivity contribution in [3.05, 3.63) is 64.7 Å². The third kappa shape index (κ3) is 6.37. The summed E-state index contributed by atoms with van der Waals surface area (Å²) in [5.74, 6) is -1.11. The van der Waals surface area contributed by atoms with Crippen LogP contribution in [0.2, 0.25) is 0 Å². The summed E-state index contributed by atoms with van der Waals surface area (Å²) in [4.78, 5) is 12.8. The average Bonchev–Trinajstić information content (AvgIpc) is 3.61. The maximum Gasteiger partial charge on any atom is 0.416 e. The number of nitrogens with zero attached hydrogens (tertiary/aromatic N) is 1. The van der Waals surface area contributed by atoms with Crippen LogP contribution in [0, 0.1) is 11.8 Å². The van der Waals surface area contributed by atoms with Gasteiger partial charge < -0.3 is 9.84 Å². The molecule has 2 aromatic carbocycles. The molecule has 2 aromatic rings. The minimum atomic E-state index is -4.85. The molecule has 1 aliphatic heterocycles. The van der Waals surface area contributed by atoms with Crippen LogP contribution in [0.15, 0.2) is 42.5 Å². The normalized spacial score (nSPS) is 19.7. The quantitative estimate of drug-likeness (QED) is 0.372. The Hall–Kier alpha value is -2.82. The second-order valence-corrected chi connectivity index (χ2v) is 10.0. The van der Waals surface area contributed by atoms with Crippen molar-refractivity contribution in [2.45, 2.75) is 50.2 Å². The molecule has 2 unspecified atom stereocenters. The predicted molar refractivity (Wildman–Crippen MR) is 120 cm³/mol. The molecule has 0 bridgehead atoms. The van der Waals surface area contributed by atoms with E-state index in [0.29, 0.717) is 23.9 Å². The molecule has 0 aromatic heterocycles. The lowest BCUT2D eigenvalue weighted by Crippen LogP contribution is -2.61. The van der Waals surface area contributed by atoms with Crippen molar-refractivity contribution in [2.75, 3.05) is 19.7 Å². The fourth-order valence-corrected chi connectivity index (χ4v) is 4.98. The summed E-state index contributed by atoms with van der Waals surface area (Å²) in [5, 5.41) is 9.45. The van der Waals surface area contributed by atoms with E-state index in [1.807, 2.05) is 0 Å². The van der Waals surface area contributed by atoms with E-state index in [4.69, 9.17) is 4.74 Å². The number of aliphatic carboxylic acids is 1. The first-order chi connectivity index (χ1) is 17.2. The molecule has 0 radical (unpaired) electrons. The first kappa shape index (κ1) is 27.2. The molecule has 2 aliphatic rings. The first-order valence-corrected chi connectivity index (χ1v) is 11.8. The Bertz CT molecular complexity index is 1140. The van der Waals surface area contributed by atoms with Gasteiger partial charge in [0.05, 0.1) is 17.0 Å². The van der Waals surface area contributed by atoms with Crippen molar-refractivity contribution in [3.8, 4) is 5.75 Å². The van der Waals surface area contributed by atoms with Crippen LogP contribution in [0.1, 0.15) is 47.9 Å². The standard InChI is InChI=1S/C26H26F7NO3/c1-15(23(35)36)22(16-5-6-16)17-3-2-4-20(10-17)37-14-24(27)12-34(13-24)11-18-9-19(25(28,29)30)7-8-21(18)26(31,32)33/h2-4,7-10,15-16,22H,5-6,11-14H2,1H3,(H,35,36). The van der Waals surface area contributed by atoms with Crippen LogP contribution in [0.4, 0.5) is 30.7 Å². The van der Waals surface area contributed by atoms with Gasteiger partial charge in [0.15, 0.2) is 5.67 Å². The highest BCUT2D eigenvalue weighted by Gasteiger charge is 2.46. The van der Waals surface area contributed by atoms with Gasteiger partial charge in [-0.05, 0) is 66.1 Å². The molecule has 1 heterocycles. The number of alkyl halides is 7. The highest BCUT2D eigenvalue weighted by Crippen LogP contribution is 2.47. The lowest BCUT2D eigenvalue weighted by molar-refractivity contribution is -0.142. The van der Waals surface area contributed by atoms with E-state index in [1.165, 1.54) is 4.90 Å². The van der Waals surface area contributed by atoms with Crippen LogP contribution >= 0.6 is 0 Å². The minimum absolute atomic E-state index is 0.199. The lowest BCUT2D eigenvalue weighted by atomic mass is 9.83. The summed E-state index contributed by atoms with van der Waals surface area (Å²) in [7, 11) is 0. The summed E-state index contributed by atoms with van der Waals surface area (Å²) in [6.45, 7) is 0.148. The summed E-state index contributed by atoms with van der Waals surface area (Å²) in [6.07, 6.45) is -7.79. The Morgan fingerprint density at radius 1 is 1.08 bits per heavy atom. The largest absolute Gasteiger partial charge is 0.490 e. The summed E-state index contributed by atoms with van der Waals surface area (Å²) >= 11 is 0. The van der Waals surface area contributed by atoms with E-state index in [9.17, 15) is 36.2 Å². The second kappa shape index (κ2) is 9.81. The number of rotatable bonds is 9. The van der Waals surface area contributed by atoms with E-state index < -0.39 is 59.8 Å². The number of ether oxygens (including phenoxy) is 1. The van der Waals surface area contributed by atoms with Gasteiger partial charge in [0.2, 0.25) is 0 Å². The van der Waals surface area contributed by atoms with Gasteiger partial charge in [0.1, 0.15) is 12.4 Å². The molecule has 1 saturated heterocycles. The maximum absolute atomic E-state index is 15.1. The molecule has 11 heteroatoms. The lowest BCUT2D eigenvalue weighted by Gasteiger charge is -2.44. The monoisotopic (exact) mass is 533 g/mol. The molecular formula is C26H26F7NO3. The van der Waals surface area contributed by atoms with Crippen molar-refractivity contribution in [1.82, 2.24) is 4.90 Å². The predicted octanol–water partition coefficient (Wildman–Crippen LogP) is 6.54. The molecule has 1 aliphatic carbocycles. The Balaban J connectivity index is 1.39. The Labute approximate surface area is 209 Å². The van der Waals surface area contributed by atoms with Gasteiger partial charge in [0.25, 0.3) is 0 Å². The molecule has 202 valence electrons. The number of hydrogen-bond acceptors (Lipinski definition) is 3. The fourth-order valence-electron chi connectivity index (χ4n) is 4.98. The number of carbonyl (C=O) groups is 1. The second-order valence-electron chi connectivity index (χ2n) is 10.0. The van der Waals surface area contributed by atoms with E-state index in [-0.39, 0.29) is 24.9 Å². The minimum Gasteiger partial charge on any atom is -0.490 e. The fraction of sp³-hybridized carbons (Fsp3) is 0.500. The van der Waals surface area contributed by atoms with Crippen LogP contribution in [0.25, 0.3) is 0 Å². The first-order valence-electron chi connectivity index (χ1n) is 11.8. The number of carboxylic acid groups (broad SMARTS) is 1. The third-order valence-electron chi connectivity index (χ3n) is 6.94. The molecule has 0 amide bonds. The number of hydrogen-bond donors (Lipinski definition) is 1. The number of carboxylic acids is 1. The van der Waals surface area contributed by atoms with E-state index >= 15 is 4.39 Å². The van der Waals surface area contributed by atoms with Crippen LogP contribution in [-0.4, -0.2) is 41.3 Å². The molecule has 1 saturated carbocycles. The molecule has 2 fully saturated rings. The van der Waals surface area contributed by atoms with Crippen molar-refractivity contribution in [1.29, 1.82) is 0 Å². The Kier molecular flexibility index (Phi) is 7.22. The van der Waals surface area contributed by atoms with E-state index in [0.717, 1.165) is 18.4 Å². The van der Waals surface area contributed by atoms with Gasteiger partial charge in [-0.1, -0.05) is 19.1 Å². The zero-order chi connectivity index (χ0) is 27.2. The zero-order valence-electron chi connectivity index (χ0n) is 19.9. The van der Waals surface area contributed by atoms with Gasteiger partial charge in [-0.25, -0.2) is 4.39 Å². The molecule has 4 nitrogen and oxygen atoms in total. The zero-order valence-corrected chi connectivity index (χ0v) is 19.9. The van der Waals surface area contributed by atoms with E-state index in [1.54, 1.807) is 31.2 Å². The van der Waals surface area contributed by atoms with Gasteiger partial charge in [-0.2, -0.15) is 26.3 Å². The molecule has 1 N–H and O–H groups in total. The average molecular weight is 533 g/mol. The highest BCUT2D eigenvalue weighted by molar-refractivity contribution is 5.71. The number of benzene rings is 2. The maximum atomic E-state index is 15.1.